The Balaban J connectivity index is 2.19. The molecule has 1 atom stereocenters. The van der Waals surface area contributed by atoms with Gasteiger partial charge in [-0.2, -0.15) is 5.10 Å². The summed E-state index contributed by atoms with van der Waals surface area (Å²) in [6, 6.07) is 8.67. The van der Waals surface area contributed by atoms with Gasteiger partial charge in [0.25, 0.3) is 0 Å². The zero-order chi connectivity index (χ0) is 14.5. The highest BCUT2D eigenvalue weighted by Gasteiger charge is 2.17. The van der Waals surface area contributed by atoms with Gasteiger partial charge >= 0.3 is 0 Å². The number of rotatable bonds is 6. The highest BCUT2D eigenvalue weighted by Crippen LogP contribution is 2.24. The maximum absolute atomic E-state index is 5.98. The molecule has 2 rings (SSSR count). The minimum absolute atomic E-state index is 0.156. The fourth-order valence-electron chi connectivity index (χ4n) is 2.38. The first-order valence-electron chi connectivity index (χ1n) is 7.17. The van der Waals surface area contributed by atoms with E-state index in [-0.39, 0.29) is 6.04 Å². The van der Waals surface area contributed by atoms with Crippen LogP contribution in [0.15, 0.2) is 36.7 Å². The molecule has 2 aromatic rings. The van der Waals surface area contributed by atoms with Gasteiger partial charge in [-0.1, -0.05) is 24.6 Å². The Bertz CT molecular complexity index is 530. The second-order valence-corrected chi connectivity index (χ2v) is 5.23. The molecule has 1 unspecified atom stereocenters. The third-order valence-electron chi connectivity index (χ3n) is 3.62. The zero-order valence-corrected chi connectivity index (χ0v) is 12.6. The number of benzene rings is 1. The van der Waals surface area contributed by atoms with Crippen LogP contribution < -0.4 is 10.6 Å². The lowest BCUT2D eigenvalue weighted by atomic mass is 10.1. The van der Waals surface area contributed by atoms with Crippen molar-refractivity contribution in [1.82, 2.24) is 9.78 Å². The van der Waals surface area contributed by atoms with Crippen LogP contribution in [0.25, 0.3) is 0 Å². The Hall–Kier alpha value is -1.81. The largest absolute Gasteiger partial charge is 0.366 e. The van der Waals surface area contributed by atoms with Gasteiger partial charge in [0, 0.05) is 37.6 Å². The molecule has 0 saturated heterocycles. The van der Waals surface area contributed by atoms with Crippen LogP contribution in [0, 0.1) is 6.92 Å². The third kappa shape index (κ3) is 3.20. The molecule has 0 aliphatic carbocycles. The Labute approximate surface area is 121 Å². The quantitative estimate of drug-likeness (QED) is 0.879. The Morgan fingerprint density at radius 2 is 2.00 bits per heavy atom. The number of aromatic nitrogens is 2. The molecular formula is C16H24N4. The van der Waals surface area contributed by atoms with E-state index in [9.17, 15) is 0 Å². The smallest absolute Gasteiger partial charge is 0.0692 e. The summed E-state index contributed by atoms with van der Waals surface area (Å²) in [7, 11) is 2.08. The summed E-state index contributed by atoms with van der Waals surface area (Å²) in [5.41, 5.74) is 9.59. The van der Waals surface area contributed by atoms with E-state index in [0.717, 1.165) is 13.0 Å². The molecule has 0 aliphatic heterocycles. The van der Waals surface area contributed by atoms with Gasteiger partial charge in [0.15, 0.2) is 0 Å². The van der Waals surface area contributed by atoms with Crippen LogP contribution in [0.2, 0.25) is 0 Å². The molecule has 0 bridgehead atoms. The summed E-state index contributed by atoms with van der Waals surface area (Å²) in [6.07, 6.45) is 5.12. The molecule has 1 aromatic heterocycles. The number of nitrogens with two attached hydrogens (primary N) is 1. The first-order valence-corrected chi connectivity index (χ1v) is 7.17. The summed E-state index contributed by atoms with van der Waals surface area (Å²) in [5.74, 6) is 0. The van der Waals surface area contributed by atoms with E-state index < -0.39 is 0 Å². The first kappa shape index (κ1) is 14.6. The molecule has 0 fully saturated rings. The third-order valence-corrected chi connectivity index (χ3v) is 3.62. The van der Waals surface area contributed by atoms with Gasteiger partial charge in [-0.15, -0.1) is 0 Å². The summed E-state index contributed by atoms with van der Waals surface area (Å²) >= 11 is 0. The molecular weight excluding hydrogens is 248 g/mol. The number of nitrogens with zero attached hydrogens (tertiary/aromatic N) is 3. The molecule has 4 nitrogen and oxygen atoms in total. The van der Waals surface area contributed by atoms with E-state index in [1.807, 2.05) is 10.9 Å². The summed E-state index contributed by atoms with van der Waals surface area (Å²) < 4.78 is 1.99. The molecule has 0 aliphatic rings. The highest BCUT2D eigenvalue weighted by molar-refractivity contribution is 5.49. The molecule has 20 heavy (non-hydrogen) atoms. The first-order chi connectivity index (χ1) is 9.65. The molecule has 2 N–H and O–H groups in total. The van der Waals surface area contributed by atoms with Crippen LogP contribution in [0.5, 0.6) is 0 Å². The predicted molar refractivity (Wildman–Crippen MR) is 83.9 cm³/mol. The van der Waals surface area contributed by atoms with Crippen molar-refractivity contribution in [3.63, 3.8) is 0 Å². The van der Waals surface area contributed by atoms with Gasteiger partial charge in [-0.25, -0.2) is 0 Å². The van der Waals surface area contributed by atoms with E-state index in [4.69, 9.17) is 5.73 Å². The van der Waals surface area contributed by atoms with Crippen molar-refractivity contribution in [3.05, 3.63) is 47.8 Å². The normalized spacial score (nSPS) is 12.4. The van der Waals surface area contributed by atoms with E-state index in [2.05, 4.69) is 61.4 Å². The topological polar surface area (TPSA) is 47.1 Å². The number of likely N-dealkylation sites (N-methyl/N-ethyl adjacent to an activating group) is 1. The minimum Gasteiger partial charge on any atom is -0.366 e. The molecule has 4 heteroatoms. The van der Waals surface area contributed by atoms with Crippen LogP contribution in [0.1, 0.15) is 30.5 Å². The van der Waals surface area contributed by atoms with Crippen LogP contribution in [-0.2, 0) is 6.54 Å². The van der Waals surface area contributed by atoms with Crippen molar-refractivity contribution in [2.24, 2.45) is 5.73 Å². The molecule has 1 heterocycles. The van der Waals surface area contributed by atoms with Gasteiger partial charge in [-0.05, 0) is 25.5 Å². The minimum atomic E-state index is 0.156. The van der Waals surface area contributed by atoms with Crippen molar-refractivity contribution < 1.29 is 0 Å². The summed E-state index contributed by atoms with van der Waals surface area (Å²) in [6.45, 7) is 5.77. The Morgan fingerprint density at radius 1 is 1.30 bits per heavy atom. The van der Waals surface area contributed by atoms with Crippen molar-refractivity contribution in [1.29, 1.82) is 0 Å². The van der Waals surface area contributed by atoms with Crippen molar-refractivity contribution in [3.8, 4) is 0 Å². The lowest BCUT2D eigenvalue weighted by molar-refractivity contribution is 0.600. The lowest BCUT2D eigenvalue weighted by Crippen LogP contribution is -2.30. The van der Waals surface area contributed by atoms with Gasteiger partial charge in [-0.3, -0.25) is 4.68 Å². The average Bonchev–Trinajstić information content (AvgIpc) is 2.89. The number of hydrogen-bond acceptors (Lipinski definition) is 3. The van der Waals surface area contributed by atoms with Gasteiger partial charge in [0.1, 0.15) is 0 Å². The molecule has 1 aromatic carbocycles. The average molecular weight is 272 g/mol. The SMILES string of the molecule is CCCn1cc(C(CN)N(C)c2ccc(C)cc2)cn1. The van der Waals surface area contributed by atoms with Crippen molar-refractivity contribution in [2.45, 2.75) is 32.9 Å². The lowest BCUT2D eigenvalue weighted by Gasteiger charge is -2.28. The Kier molecular flexibility index (Phi) is 4.79. The van der Waals surface area contributed by atoms with Gasteiger partial charge < -0.3 is 10.6 Å². The number of hydrogen-bond donors (Lipinski definition) is 1. The molecule has 0 spiro atoms. The summed E-state index contributed by atoms with van der Waals surface area (Å²) in [5, 5.41) is 4.40. The zero-order valence-electron chi connectivity index (χ0n) is 12.6. The molecule has 108 valence electrons. The van der Waals surface area contributed by atoms with Crippen LogP contribution in [0.4, 0.5) is 5.69 Å². The van der Waals surface area contributed by atoms with Gasteiger partial charge in [0.05, 0.1) is 12.2 Å². The van der Waals surface area contributed by atoms with E-state index in [1.165, 1.54) is 16.8 Å². The fraction of sp³-hybridized carbons (Fsp3) is 0.438. The fourth-order valence-corrected chi connectivity index (χ4v) is 2.38. The number of aryl methyl sites for hydroxylation is 2. The number of anilines is 1. The molecule has 0 amide bonds. The maximum Gasteiger partial charge on any atom is 0.0692 e. The second-order valence-electron chi connectivity index (χ2n) is 5.23. The summed E-state index contributed by atoms with van der Waals surface area (Å²) in [4.78, 5) is 2.22. The molecule has 0 radical (unpaired) electrons. The van der Waals surface area contributed by atoms with Crippen LogP contribution in [-0.4, -0.2) is 23.4 Å². The highest BCUT2D eigenvalue weighted by atomic mass is 15.3. The predicted octanol–water partition coefficient (Wildman–Crippen LogP) is 2.74. The van der Waals surface area contributed by atoms with E-state index >= 15 is 0 Å². The van der Waals surface area contributed by atoms with Crippen molar-refractivity contribution >= 4 is 5.69 Å². The van der Waals surface area contributed by atoms with Crippen LogP contribution in [0.3, 0.4) is 0 Å². The van der Waals surface area contributed by atoms with E-state index in [0.29, 0.717) is 6.54 Å². The standard InChI is InChI=1S/C16H24N4/c1-4-9-20-12-14(11-18-20)16(10-17)19(3)15-7-5-13(2)6-8-15/h5-8,11-12,16H,4,9-10,17H2,1-3H3. The van der Waals surface area contributed by atoms with E-state index in [1.54, 1.807) is 0 Å². The maximum atomic E-state index is 5.98. The Morgan fingerprint density at radius 3 is 2.60 bits per heavy atom. The van der Waals surface area contributed by atoms with Crippen LogP contribution >= 0.6 is 0 Å². The monoisotopic (exact) mass is 272 g/mol. The van der Waals surface area contributed by atoms with Gasteiger partial charge in [0.2, 0.25) is 0 Å². The van der Waals surface area contributed by atoms with Crippen molar-refractivity contribution in [2.75, 3.05) is 18.5 Å². The molecule has 0 saturated carbocycles. The second kappa shape index (κ2) is 6.57.